The summed E-state index contributed by atoms with van der Waals surface area (Å²) in [6, 6.07) is 18.4. The lowest BCUT2D eigenvalue weighted by atomic mass is 9.99. The number of esters is 1. The lowest BCUT2D eigenvalue weighted by molar-refractivity contribution is -0.159. The highest BCUT2D eigenvalue weighted by Crippen LogP contribution is 2.26. The molecule has 0 aliphatic rings. The Morgan fingerprint density at radius 3 is 1.78 bits per heavy atom. The molecular formula is C37H44N4O8. The first-order valence-corrected chi connectivity index (χ1v) is 15.8. The smallest absolute Gasteiger partial charge is 0.408 e. The van der Waals surface area contributed by atoms with Crippen molar-refractivity contribution in [3.05, 3.63) is 95.6 Å². The van der Waals surface area contributed by atoms with Gasteiger partial charge in [0, 0.05) is 12.8 Å². The Kier molecular flexibility index (Phi) is 12.8. The Balaban J connectivity index is 2.08. The molecule has 0 aliphatic carbocycles. The van der Waals surface area contributed by atoms with Crippen LogP contribution in [0.2, 0.25) is 0 Å². The van der Waals surface area contributed by atoms with Crippen LogP contribution in [0.25, 0.3) is 0 Å². The van der Waals surface area contributed by atoms with Gasteiger partial charge in [0.05, 0.1) is 6.07 Å². The molecule has 0 saturated heterocycles. The number of alkyl carbamates (subject to hydrolysis) is 1. The van der Waals surface area contributed by atoms with Crippen LogP contribution in [0.4, 0.5) is 4.79 Å². The molecular weight excluding hydrogens is 628 g/mol. The number of nitrogens with one attached hydrogen (secondary N) is 2. The first-order valence-electron chi connectivity index (χ1n) is 15.8. The maximum atomic E-state index is 14.4. The highest BCUT2D eigenvalue weighted by Gasteiger charge is 2.38. The predicted octanol–water partition coefficient (Wildman–Crippen LogP) is 4.70. The van der Waals surface area contributed by atoms with Gasteiger partial charge in [-0.05, 0) is 82.5 Å². The second kappa shape index (κ2) is 16.5. The van der Waals surface area contributed by atoms with Gasteiger partial charge >= 0.3 is 12.1 Å². The van der Waals surface area contributed by atoms with Crippen molar-refractivity contribution in [1.82, 2.24) is 15.5 Å². The number of phenolic OH excluding ortho intramolecular Hbond substituents is 2. The summed E-state index contributed by atoms with van der Waals surface area (Å²) in [6.07, 6.45) is -0.918. The van der Waals surface area contributed by atoms with E-state index in [1.807, 2.05) is 12.1 Å². The number of carbonyl (C=O) groups is 4. The number of carbonyl (C=O) groups excluding carboxylic acids is 4. The van der Waals surface area contributed by atoms with E-state index < -0.39 is 59.7 Å². The number of hydrogen-bond acceptors (Lipinski definition) is 9. The van der Waals surface area contributed by atoms with Crippen LogP contribution in [-0.2, 0) is 36.7 Å². The summed E-state index contributed by atoms with van der Waals surface area (Å²) in [6.45, 7) is 9.49. The van der Waals surface area contributed by atoms with Crippen LogP contribution in [0.1, 0.15) is 64.3 Å². The molecule has 4 N–H and O–H groups in total. The lowest BCUT2D eigenvalue weighted by Gasteiger charge is -2.34. The average molecular weight is 673 g/mol. The van der Waals surface area contributed by atoms with Crippen LogP contribution in [0, 0.1) is 11.3 Å². The van der Waals surface area contributed by atoms with Gasteiger partial charge in [-0.2, -0.15) is 5.26 Å². The van der Waals surface area contributed by atoms with Crippen molar-refractivity contribution in [1.29, 1.82) is 5.26 Å². The van der Waals surface area contributed by atoms with E-state index in [1.165, 1.54) is 36.4 Å². The highest BCUT2D eigenvalue weighted by atomic mass is 16.6. The number of nitriles is 1. The van der Waals surface area contributed by atoms with Gasteiger partial charge in [-0.25, -0.2) is 9.59 Å². The summed E-state index contributed by atoms with van der Waals surface area (Å²) in [7, 11) is 0. The molecule has 0 saturated carbocycles. The van der Waals surface area contributed by atoms with Crippen molar-refractivity contribution in [2.24, 2.45) is 0 Å². The first kappa shape index (κ1) is 37.9. The maximum Gasteiger partial charge on any atom is 0.408 e. The van der Waals surface area contributed by atoms with Crippen LogP contribution >= 0.6 is 0 Å². The number of rotatable bonds is 12. The van der Waals surface area contributed by atoms with Crippen LogP contribution in [0.3, 0.4) is 0 Å². The molecule has 3 rings (SSSR count). The fourth-order valence-corrected chi connectivity index (χ4v) is 4.89. The SMILES string of the molecule is CC(C)(C)OC(=O)NC(Cc1ccc(O)cc1)C(=O)N(CC#N)C(C(=O)NC(Cc1ccccc1)C(=O)OC(C)(C)C)c1ccc(O)cc1. The van der Waals surface area contributed by atoms with Crippen molar-refractivity contribution in [2.45, 2.75) is 83.7 Å². The summed E-state index contributed by atoms with van der Waals surface area (Å²) in [5, 5.41) is 35.0. The molecule has 3 unspecified atom stereocenters. The quantitative estimate of drug-likeness (QED) is 0.157. The number of aromatic hydroxyl groups is 2. The number of amides is 3. The number of ether oxygens (including phenoxy) is 2. The standard InChI is InChI=1S/C37H44N4O8/c1-36(2,3)48-34(46)30(23-24-10-8-7-9-11-24)39-32(44)31(26-14-18-28(43)19-15-26)41(21-20-38)33(45)29(40-35(47)49-37(4,5)6)22-25-12-16-27(42)17-13-25/h7-19,29-31,42-43H,21-23H2,1-6H3,(H,39,44)(H,40,47). The maximum absolute atomic E-state index is 14.4. The molecule has 0 aliphatic heterocycles. The van der Waals surface area contributed by atoms with Gasteiger partial charge in [0.25, 0.3) is 0 Å². The van der Waals surface area contributed by atoms with Crippen LogP contribution in [-0.4, -0.2) is 68.8 Å². The number of nitrogens with zero attached hydrogens (tertiary/aromatic N) is 2. The van der Waals surface area contributed by atoms with E-state index in [9.17, 15) is 34.7 Å². The summed E-state index contributed by atoms with van der Waals surface area (Å²) < 4.78 is 11.0. The van der Waals surface area contributed by atoms with Crippen molar-refractivity contribution in [2.75, 3.05) is 6.54 Å². The second-order valence-corrected chi connectivity index (χ2v) is 13.5. The molecule has 0 spiro atoms. The molecule has 3 amide bonds. The van der Waals surface area contributed by atoms with E-state index in [2.05, 4.69) is 10.6 Å². The second-order valence-electron chi connectivity index (χ2n) is 13.5. The molecule has 0 aromatic heterocycles. The Bertz CT molecular complexity index is 1620. The van der Waals surface area contributed by atoms with Crippen molar-refractivity contribution in [3.63, 3.8) is 0 Å². The monoisotopic (exact) mass is 672 g/mol. The number of hydrogen-bond donors (Lipinski definition) is 4. The van der Waals surface area contributed by atoms with E-state index in [0.29, 0.717) is 5.56 Å². The highest BCUT2D eigenvalue weighted by molar-refractivity contribution is 5.94. The first-order chi connectivity index (χ1) is 23.0. The molecule has 260 valence electrons. The Hall–Kier alpha value is -5.57. The number of benzene rings is 3. The fraction of sp³-hybridized carbons (Fsp3) is 0.378. The van der Waals surface area contributed by atoms with E-state index in [0.717, 1.165) is 10.5 Å². The topological polar surface area (TPSA) is 178 Å². The van der Waals surface area contributed by atoms with Crippen LogP contribution < -0.4 is 10.6 Å². The van der Waals surface area contributed by atoms with E-state index in [1.54, 1.807) is 77.9 Å². The molecule has 12 heteroatoms. The molecule has 49 heavy (non-hydrogen) atoms. The van der Waals surface area contributed by atoms with Gasteiger partial charge in [-0.3, -0.25) is 9.59 Å². The summed E-state index contributed by atoms with van der Waals surface area (Å²) >= 11 is 0. The molecule has 3 aromatic rings. The fourth-order valence-electron chi connectivity index (χ4n) is 4.89. The minimum atomic E-state index is -1.49. The molecule has 0 bridgehead atoms. The van der Waals surface area contributed by atoms with Gasteiger partial charge in [0.1, 0.15) is 47.4 Å². The van der Waals surface area contributed by atoms with Gasteiger partial charge in [-0.1, -0.05) is 54.6 Å². The van der Waals surface area contributed by atoms with Gasteiger partial charge in [0.15, 0.2) is 0 Å². The minimum Gasteiger partial charge on any atom is -0.508 e. The molecule has 0 fully saturated rings. The lowest BCUT2D eigenvalue weighted by Crippen LogP contribution is -2.55. The third kappa shape index (κ3) is 12.2. The van der Waals surface area contributed by atoms with E-state index in [4.69, 9.17) is 9.47 Å². The summed E-state index contributed by atoms with van der Waals surface area (Å²) in [5.41, 5.74) is -0.248. The zero-order chi connectivity index (χ0) is 36.4. The Morgan fingerprint density at radius 1 is 0.735 bits per heavy atom. The third-order valence-electron chi connectivity index (χ3n) is 6.95. The summed E-state index contributed by atoms with van der Waals surface area (Å²) in [5.74, 6) is -2.41. The van der Waals surface area contributed by atoms with Crippen LogP contribution in [0.15, 0.2) is 78.9 Å². The third-order valence-corrected chi connectivity index (χ3v) is 6.95. The van der Waals surface area contributed by atoms with Crippen molar-refractivity contribution < 1.29 is 38.9 Å². The Labute approximate surface area is 286 Å². The molecule has 0 heterocycles. The van der Waals surface area contributed by atoms with Crippen molar-refractivity contribution in [3.8, 4) is 17.6 Å². The van der Waals surface area contributed by atoms with Gasteiger partial charge in [0.2, 0.25) is 11.8 Å². The normalized spacial score (nSPS) is 13.2. The van der Waals surface area contributed by atoms with E-state index >= 15 is 0 Å². The molecule has 0 radical (unpaired) electrons. The minimum absolute atomic E-state index is 0.00283. The molecule has 3 aromatic carbocycles. The average Bonchev–Trinajstić information content (AvgIpc) is 3.00. The molecule has 12 nitrogen and oxygen atoms in total. The Morgan fingerprint density at radius 2 is 1.24 bits per heavy atom. The summed E-state index contributed by atoms with van der Waals surface area (Å²) in [4.78, 5) is 56.1. The predicted molar refractivity (Wildman–Crippen MR) is 181 cm³/mol. The zero-order valence-corrected chi connectivity index (χ0v) is 28.6. The van der Waals surface area contributed by atoms with E-state index in [-0.39, 0.29) is 29.9 Å². The largest absolute Gasteiger partial charge is 0.508 e. The zero-order valence-electron chi connectivity index (χ0n) is 28.6. The van der Waals surface area contributed by atoms with Gasteiger partial charge < -0.3 is 35.2 Å². The molecule has 3 atom stereocenters. The van der Waals surface area contributed by atoms with Gasteiger partial charge in [-0.15, -0.1) is 0 Å². The number of phenols is 2. The van der Waals surface area contributed by atoms with Crippen LogP contribution in [0.5, 0.6) is 11.5 Å². The van der Waals surface area contributed by atoms with Crippen molar-refractivity contribution >= 4 is 23.9 Å².